The normalized spacial score (nSPS) is 11.4. The summed E-state index contributed by atoms with van der Waals surface area (Å²) in [6.07, 6.45) is -0.524. The van der Waals surface area contributed by atoms with Crippen LogP contribution in [0.4, 0.5) is 5.69 Å². The number of carboxylic acid groups (broad SMARTS) is 1. The molecule has 1 atom stereocenters. The van der Waals surface area contributed by atoms with Gasteiger partial charge >= 0.3 is 0 Å². The van der Waals surface area contributed by atoms with Crippen molar-refractivity contribution in [2.75, 3.05) is 13.7 Å². The molecule has 0 fully saturated rings. The number of nitrogens with one attached hydrogen (secondary N) is 1. The minimum atomic E-state index is -1.39. The van der Waals surface area contributed by atoms with E-state index in [9.17, 15) is 24.8 Å². The average Bonchev–Trinajstić information content (AvgIpc) is 2.67. The molecular weight excluding hydrogens is 368 g/mol. The van der Waals surface area contributed by atoms with E-state index in [-0.39, 0.29) is 11.3 Å². The van der Waals surface area contributed by atoms with Gasteiger partial charge in [0.25, 0.3) is 11.6 Å². The number of hydrogen-bond donors (Lipinski definition) is 1. The number of rotatable bonds is 9. The summed E-state index contributed by atoms with van der Waals surface area (Å²) in [6, 6.07) is 9.14. The lowest BCUT2D eigenvalue weighted by Gasteiger charge is -2.21. The molecule has 2 aromatic carbocycles. The van der Waals surface area contributed by atoms with Crippen molar-refractivity contribution in [1.29, 1.82) is 0 Å². The van der Waals surface area contributed by atoms with Gasteiger partial charge in [0.05, 0.1) is 24.7 Å². The second kappa shape index (κ2) is 9.36. The van der Waals surface area contributed by atoms with Crippen LogP contribution in [0.5, 0.6) is 11.5 Å². The first kappa shape index (κ1) is 20.7. The first-order chi connectivity index (χ1) is 13.4. The Balaban J connectivity index is 2.36. The van der Waals surface area contributed by atoms with Gasteiger partial charge in [-0.15, -0.1) is 0 Å². The van der Waals surface area contributed by atoms with Crippen molar-refractivity contribution in [3.05, 3.63) is 63.7 Å². The number of nitro groups is 1. The summed E-state index contributed by atoms with van der Waals surface area (Å²) in [5, 5.41) is 24.8. The molecule has 9 heteroatoms. The Kier molecular flexibility index (Phi) is 6.91. The van der Waals surface area contributed by atoms with Crippen LogP contribution in [0.25, 0.3) is 0 Å². The van der Waals surface area contributed by atoms with E-state index >= 15 is 0 Å². The predicted molar refractivity (Wildman–Crippen MR) is 97.1 cm³/mol. The number of hydrogen-bond acceptors (Lipinski definition) is 7. The highest BCUT2D eigenvalue weighted by Crippen LogP contribution is 2.31. The molecule has 9 nitrogen and oxygen atoms in total. The van der Waals surface area contributed by atoms with Crippen LogP contribution >= 0.6 is 0 Å². The van der Waals surface area contributed by atoms with Crippen LogP contribution in [0, 0.1) is 10.1 Å². The topological polar surface area (TPSA) is 131 Å². The molecule has 0 unspecified atom stereocenters. The van der Waals surface area contributed by atoms with E-state index in [0.717, 1.165) is 0 Å². The molecule has 0 saturated carbocycles. The summed E-state index contributed by atoms with van der Waals surface area (Å²) in [6.45, 7) is 2.21. The Hall–Kier alpha value is -3.62. The fourth-order valence-electron chi connectivity index (χ4n) is 2.66. The number of amides is 1. The molecule has 0 spiro atoms. The zero-order chi connectivity index (χ0) is 20.7. The fourth-order valence-corrected chi connectivity index (χ4v) is 2.66. The number of ether oxygens (including phenoxy) is 2. The first-order valence-corrected chi connectivity index (χ1v) is 8.42. The van der Waals surface area contributed by atoms with Crippen molar-refractivity contribution in [1.82, 2.24) is 5.32 Å². The number of carboxylic acids is 1. The highest BCUT2D eigenvalue weighted by Gasteiger charge is 2.23. The van der Waals surface area contributed by atoms with E-state index in [1.807, 2.05) is 0 Å². The lowest BCUT2D eigenvalue weighted by atomic mass is 10.0. The van der Waals surface area contributed by atoms with Crippen molar-refractivity contribution in [3.8, 4) is 11.5 Å². The maximum absolute atomic E-state index is 12.6. The number of carbonyl (C=O) groups is 2. The maximum atomic E-state index is 12.6. The second-order valence-corrected chi connectivity index (χ2v) is 5.72. The highest BCUT2D eigenvalue weighted by atomic mass is 16.6. The van der Waals surface area contributed by atoms with Gasteiger partial charge in [-0.3, -0.25) is 14.9 Å². The predicted octanol–water partition coefficient (Wildman–Crippen LogP) is 1.61. The molecule has 2 rings (SSSR count). The van der Waals surface area contributed by atoms with Crippen LogP contribution < -0.4 is 19.9 Å². The third-order valence-corrected chi connectivity index (χ3v) is 3.91. The van der Waals surface area contributed by atoms with Gasteiger partial charge in [-0.2, -0.15) is 0 Å². The minimum absolute atomic E-state index is 0.172. The number of aliphatic carboxylic acids is 1. The fraction of sp³-hybridized carbons (Fsp3) is 0.263. The summed E-state index contributed by atoms with van der Waals surface area (Å²) in [7, 11) is 1.43. The molecule has 1 amide bonds. The Morgan fingerprint density at radius 2 is 1.89 bits per heavy atom. The Morgan fingerprint density at radius 3 is 2.50 bits per heavy atom. The van der Waals surface area contributed by atoms with E-state index in [2.05, 4.69) is 5.32 Å². The van der Waals surface area contributed by atoms with Crippen LogP contribution in [0.15, 0.2) is 42.5 Å². The summed E-state index contributed by atoms with van der Waals surface area (Å²) in [4.78, 5) is 34.2. The lowest BCUT2D eigenvalue weighted by Crippen LogP contribution is -2.34. The van der Waals surface area contributed by atoms with Gasteiger partial charge in [0, 0.05) is 18.5 Å². The van der Waals surface area contributed by atoms with Gasteiger partial charge in [-0.1, -0.05) is 18.2 Å². The highest BCUT2D eigenvalue weighted by molar-refractivity contribution is 5.98. The largest absolute Gasteiger partial charge is 0.550 e. The molecule has 148 valence electrons. The summed E-state index contributed by atoms with van der Waals surface area (Å²) in [5.41, 5.74) is -0.123. The quantitative estimate of drug-likeness (QED) is 0.511. The second-order valence-electron chi connectivity index (χ2n) is 5.72. The van der Waals surface area contributed by atoms with E-state index in [4.69, 9.17) is 9.47 Å². The molecule has 0 aliphatic rings. The van der Waals surface area contributed by atoms with Gasteiger partial charge in [0.15, 0.2) is 11.5 Å². The number of para-hydroxylation sites is 1. The van der Waals surface area contributed by atoms with Crippen molar-refractivity contribution >= 4 is 17.6 Å². The SMILES string of the molecule is CCOc1ccc([C@H](CC(=O)[O-])NC(=O)c2ccccc2[N+](=O)[O-])cc1OC. The van der Waals surface area contributed by atoms with Gasteiger partial charge < -0.3 is 24.7 Å². The Labute approximate surface area is 161 Å². The molecule has 0 saturated heterocycles. The summed E-state index contributed by atoms with van der Waals surface area (Å²) < 4.78 is 10.7. The van der Waals surface area contributed by atoms with Crippen LogP contribution in [0.3, 0.4) is 0 Å². The van der Waals surface area contributed by atoms with Crippen LogP contribution in [-0.4, -0.2) is 30.5 Å². The number of nitrogens with zero attached hydrogens (tertiary/aromatic N) is 1. The summed E-state index contributed by atoms with van der Waals surface area (Å²) >= 11 is 0. The van der Waals surface area contributed by atoms with E-state index in [1.165, 1.54) is 37.4 Å². The molecule has 0 heterocycles. The van der Waals surface area contributed by atoms with Crippen molar-refractivity contribution in [2.45, 2.75) is 19.4 Å². The van der Waals surface area contributed by atoms with Crippen LogP contribution in [0.1, 0.15) is 35.3 Å². The van der Waals surface area contributed by atoms with Gasteiger partial charge in [0.2, 0.25) is 0 Å². The smallest absolute Gasteiger partial charge is 0.282 e. The molecule has 2 aromatic rings. The molecular formula is C19H19N2O7-. The Morgan fingerprint density at radius 1 is 1.18 bits per heavy atom. The zero-order valence-corrected chi connectivity index (χ0v) is 15.3. The van der Waals surface area contributed by atoms with Gasteiger partial charge in [-0.25, -0.2) is 0 Å². The Bertz CT molecular complexity index is 882. The van der Waals surface area contributed by atoms with Crippen molar-refractivity contribution < 1.29 is 29.1 Å². The molecule has 0 aliphatic carbocycles. The van der Waals surface area contributed by atoms with Crippen molar-refractivity contribution in [3.63, 3.8) is 0 Å². The molecule has 0 bridgehead atoms. The third-order valence-electron chi connectivity index (χ3n) is 3.91. The molecule has 1 N–H and O–H groups in total. The minimum Gasteiger partial charge on any atom is -0.550 e. The number of carbonyl (C=O) groups excluding carboxylic acids is 2. The number of nitro benzene ring substituents is 1. The number of benzene rings is 2. The average molecular weight is 387 g/mol. The standard InChI is InChI=1S/C19H20N2O7/c1-3-28-16-9-8-12(10-17(16)27-2)14(11-18(22)23)20-19(24)13-6-4-5-7-15(13)21(25)26/h4-10,14H,3,11H2,1-2H3,(H,20,24)(H,22,23)/p-1/t14-/m0/s1. The van der Waals surface area contributed by atoms with Crippen LogP contribution in [0.2, 0.25) is 0 Å². The summed E-state index contributed by atoms with van der Waals surface area (Å²) in [5.74, 6) is -1.33. The van der Waals surface area contributed by atoms with Gasteiger partial charge in [0.1, 0.15) is 5.56 Å². The monoisotopic (exact) mass is 387 g/mol. The van der Waals surface area contributed by atoms with Crippen molar-refractivity contribution in [2.24, 2.45) is 0 Å². The molecule has 0 aromatic heterocycles. The lowest BCUT2D eigenvalue weighted by molar-refractivity contribution is -0.385. The third kappa shape index (κ3) is 4.97. The molecule has 0 aliphatic heterocycles. The molecule has 28 heavy (non-hydrogen) atoms. The van der Waals surface area contributed by atoms with Crippen LogP contribution in [-0.2, 0) is 4.79 Å². The van der Waals surface area contributed by atoms with E-state index in [1.54, 1.807) is 19.1 Å². The van der Waals surface area contributed by atoms with E-state index < -0.39 is 29.3 Å². The van der Waals surface area contributed by atoms with E-state index in [0.29, 0.717) is 23.7 Å². The first-order valence-electron chi connectivity index (χ1n) is 8.42. The number of methoxy groups -OCH3 is 1. The molecule has 0 radical (unpaired) electrons. The zero-order valence-electron chi connectivity index (χ0n) is 15.3. The maximum Gasteiger partial charge on any atom is 0.282 e. The van der Waals surface area contributed by atoms with Gasteiger partial charge in [-0.05, 0) is 30.7 Å².